The van der Waals surface area contributed by atoms with E-state index in [9.17, 15) is 20.4 Å². The molecular weight excluding hydrogens is 1310 g/mol. The molecule has 7 fully saturated rings. The van der Waals surface area contributed by atoms with Crippen molar-refractivity contribution >= 4 is 5.78 Å². The maximum absolute atomic E-state index is 15.5. The minimum absolute atomic E-state index is 0.00622. The number of aliphatic hydroxyl groups excluding tert-OH is 1. The number of rotatable bonds is 63. The molecular formula is C97H180O9. The van der Waals surface area contributed by atoms with Crippen molar-refractivity contribution in [1.82, 2.24) is 0 Å². The molecule has 106 heavy (non-hydrogen) atoms. The molecule has 0 unspecified atom stereocenters. The number of Topliss-reactive ketones (excluding diaryl/α,β-unsaturated/α-hetero) is 1. The summed E-state index contributed by atoms with van der Waals surface area (Å²) in [6.07, 6.45) is 77.0. The van der Waals surface area contributed by atoms with Crippen LogP contribution in [0.25, 0.3) is 0 Å². The van der Waals surface area contributed by atoms with Crippen molar-refractivity contribution in [3.8, 4) is 0 Å². The Kier molecular flexibility index (Phi) is 43.6. The van der Waals surface area contributed by atoms with Gasteiger partial charge < -0.3 is 39.4 Å². The van der Waals surface area contributed by atoms with Crippen LogP contribution < -0.4 is 0 Å². The molecule has 1 spiro atoms. The van der Waals surface area contributed by atoms with Crippen LogP contribution >= 0.6 is 0 Å². The van der Waals surface area contributed by atoms with Gasteiger partial charge in [0.1, 0.15) is 28.7 Å². The summed E-state index contributed by atoms with van der Waals surface area (Å²) in [5.41, 5.74) is -6.13. The summed E-state index contributed by atoms with van der Waals surface area (Å²) in [4.78, 5) is 15.5. The highest BCUT2D eigenvalue weighted by Crippen LogP contribution is 2.71. The summed E-state index contributed by atoms with van der Waals surface area (Å²) in [7, 11) is 0. The number of ether oxygens (including phenoxy) is 4. The van der Waals surface area contributed by atoms with Crippen LogP contribution in [-0.4, -0.2) is 86.1 Å². The number of carbonyl (C=O) groups excluding carboxylic acids is 1. The van der Waals surface area contributed by atoms with Crippen LogP contribution in [0, 0.1) is 52.3 Å². The third kappa shape index (κ3) is 26.2. The van der Waals surface area contributed by atoms with Crippen LogP contribution in [0.1, 0.15) is 498 Å². The van der Waals surface area contributed by atoms with Gasteiger partial charge in [0, 0.05) is 31.1 Å². The zero-order valence-corrected chi connectivity index (χ0v) is 71.8. The van der Waals surface area contributed by atoms with E-state index in [1.807, 2.05) is 0 Å². The van der Waals surface area contributed by atoms with Gasteiger partial charge in [0.2, 0.25) is 5.79 Å². The Morgan fingerprint density at radius 2 is 0.792 bits per heavy atom. The van der Waals surface area contributed by atoms with Crippen molar-refractivity contribution in [2.24, 2.45) is 52.3 Å². The molecule has 0 aromatic rings. The van der Waals surface area contributed by atoms with Gasteiger partial charge in [-0.15, -0.1) is 0 Å². The number of hydrogen-bond donors (Lipinski definition) is 4. The van der Waals surface area contributed by atoms with Crippen LogP contribution in [0.5, 0.6) is 0 Å². The molecule has 3 heterocycles. The number of aliphatic hydroxyl groups is 4. The molecule has 7 aliphatic rings. The van der Waals surface area contributed by atoms with Gasteiger partial charge in [-0.05, 0) is 111 Å². The molecule has 0 aromatic carbocycles. The van der Waals surface area contributed by atoms with Gasteiger partial charge in [0.15, 0.2) is 5.79 Å². The fourth-order valence-corrected chi connectivity index (χ4v) is 23.9. The van der Waals surface area contributed by atoms with Crippen LogP contribution in [-0.2, 0) is 23.7 Å². The first-order chi connectivity index (χ1) is 51.5. The first-order valence-electron chi connectivity index (χ1n) is 48.5. The van der Waals surface area contributed by atoms with Crippen molar-refractivity contribution in [3.05, 3.63) is 0 Å². The van der Waals surface area contributed by atoms with Crippen LogP contribution in [0.2, 0.25) is 0 Å². The highest BCUT2D eigenvalue weighted by atomic mass is 16.7. The van der Waals surface area contributed by atoms with Crippen LogP contribution in [0.15, 0.2) is 0 Å². The second-order valence-corrected chi connectivity index (χ2v) is 38.7. The number of unbranched alkanes of at least 4 members (excludes halogenated alkanes) is 52. The number of fused-ring (bicyclic) bond motifs is 7. The Labute approximate surface area is 657 Å². The molecule has 0 aromatic heterocycles. The fraction of sp³-hybridized carbons (Fsp3) is 0.990. The molecule has 7 rings (SSSR count). The average Bonchev–Trinajstić information content (AvgIpc) is 1.36. The maximum Gasteiger partial charge on any atom is 0.201 e. The standard InChI is InChI=1S/C97H180O9/c1-9-13-17-21-25-29-33-37-41-45-49-53-57-61-69-93(100)88(78-98)106-97(72-64-60-56-52-48-44-40-36-32-28-24-20-16-12-4,96(102,71-63-59-55-51-47-43-39-35-31-27-23-19-15-11-3)95(93,101)70-62-58-54-50-46-42-38-34-30-26-22-18-14-10-2)104-83-68-73-91(7)82(75-83)65-66-84-85-76-87-89(92(85,8)77-86(99)90(84)91)81(6)94(105-87)74-67-80(5)79-103-94/h80-85,87-90,98,100-102H,9-79H2,1-8H3/t80-,81+,82+,83+,84+,85+,87+,88-,89+,90-,91+,92+,93+,94-,95+,96-,97-/m1/s1. The summed E-state index contributed by atoms with van der Waals surface area (Å²) in [6, 6.07) is 0. The minimum Gasteiger partial charge on any atom is -0.394 e. The van der Waals surface area contributed by atoms with E-state index in [0.717, 1.165) is 122 Å². The molecule has 4 aliphatic carbocycles. The third-order valence-corrected chi connectivity index (χ3v) is 30.5. The van der Waals surface area contributed by atoms with Crippen molar-refractivity contribution in [1.29, 1.82) is 0 Å². The molecule has 4 saturated carbocycles. The van der Waals surface area contributed by atoms with E-state index in [1.165, 1.54) is 276 Å². The van der Waals surface area contributed by atoms with Crippen molar-refractivity contribution < 1.29 is 44.2 Å². The first-order valence-corrected chi connectivity index (χ1v) is 48.5. The molecule has 3 saturated heterocycles. The van der Waals surface area contributed by atoms with Crippen molar-refractivity contribution in [2.45, 2.75) is 545 Å². The summed E-state index contributed by atoms with van der Waals surface area (Å²) >= 11 is 0. The summed E-state index contributed by atoms with van der Waals surface area (Å²) in [5.74, 6) is 0.509. The topological polar surface area (TPSA) is 135 Å². The Morgan fingerprint density at radius 3 is 1.18 bits per heavy atom. The van der Waals surface area contributed by atoms with E-state index >= 15 is 4.79 Å². The van der Waals surface area contributed by atoms with Crippen molar-refractivity contribution in [3.63, 3.8) is 0 Å². The highest BCUT2D eigenvalue weighted by Gasteiger charge is 2.77. The van der Waals surface area contributed by atoms with E-state index in [-0.39, 0.29) is 60.1 Å². The SMILES string of the molecule is CCCCCCCCCCCCCCCC[C@@]1(O[C@H]2CC[C@@]3(C)[C@@H](CC[C@H]4[C@@H]5C[C@@H]6O[C@]7(CC[C@@H](C)CO7)[C@@H](C)[C@@H]6[C@@]5(C)CC(=O)[C@@H]43)C2)O[C@H](CO)[C@@](O)(CCCCCCCCCCCCCCCC)[C@@](O)(CCCCCCCCCCCCCCCC)[C@]1(O)CCCCCCCCCCCCCCCC. The number of carbonyl (C=O) groups is 1. The Morgan fingerprint density at radius 1 is 0.415 bits per heavy atom. The molecule has 622 valence electrons. The van der Waals surface area contributed by atoms with Crippen LogP contribution in [0.4, 0.5) is 0 Å². The predicted molar refractivity (Wildman–Crippen MR) is 446 cm³/mol. The number of ketones is 1. The quantitative estimate of drug-likeness (QED) is 0.0347. The summed E-state index contributed by atoms with van der Waals surface area (Å²) < 4.78 is 29.5. The van der Waals surface area contributed by atoms with Gasteiger partial charge in [-0.1, -0.05) is 409 Å². The van der Waals surface area contributed by atoms with E-state index in [0.29, 0.717) is 61.6 Å². The van der Waals surface area contributed by atoms with E-state index in [2.05, 4.69) is 55.4 Å². The first kappa shape index (κ1) is 92.5. The fourth-order valence-electron chi connectivity index (χ4n) is 23.9. The zero-order valence-electron chi connectivity index (χ0n) is 71.8. The van der Waals surface area contributed by atoms with Gasteiger partial charge in [-0.3, -0.25) is 4.79 Å². The lowest BCUT2D eigenvalue weighted by atomic mass is 9.44. The van der Waals surface area contributed by atoms with Gasteiger partial charge in [-0.25, -0.2) is 0 Å². The average molecular weight is 1490 g/mol. The van der Waals surface area contributed by atoms with Gasteiger partial charge in [0.25, 0.3) is 0 Å². The molecule has 9 heteroatoms. The smallest absolute Gasteiger partial charge is 0.201 e. The highest BCUT2D eigenvalue weighted by molar-refractivity contribution is 5.84. The number of hydrogen-bond acceptors (Lipinski definition) is 9. The Hall–Kier alpha value is -0.650. The normalized spacial score (nSPS) is 33.5. The molecule has 3 aliphatic heterocycles. The lowest BCUT2D eigenvalue weighted by molar-refractivity contribution is -0.462. The predicted octanol–water partition coefficient (Wildman–Crippen LogP) is 27.8. The monoisotopic (exact) mass is 1490 g/mol. The Bertz CT molecular complexity index is 2250. The van der Waals surface area contributed by atoms with Crippen molar-refractivity contribution in [2.75, 3.05) is 13.2 Å². The van der Waals surface area contributed by atoms with E-state index < -0.39 is 41.1 Å². The molecule has 0 bridgehead atoms. The van der Waals surface area contributed by atoms with Gasteiger partial charge >= 0.3 is 0 Å². The molecule has 9 nitrogen and oxygen atoms in total. The third-order valence-electron chi connectivity index (χ3n) is 30.5. The molecule has 0 amide bonds. The maximum atomic E-state index is 15.5. The van der Waals surface area contributed by atoms with Gasteiger partial charge in [-0.2, -0.15) is 0 Å². The molecule has 0 radical (unpaired) electrons. The second-order valence-electron chi connectivity index (χ2n) is 38.7. The zero-order chi connectivity index (χ0) is 75.9. The lowest BCUT2D eigenvalue weighted by Gasteiger charge is -2.66. The minimum atomic E-state index is -2.00. The second kappa shape index (κ2) is 50.0. The molecule has 4 N–H and O–H groups in total. The Balaban J connectivity index is 1.12. The largest absolute Gasteiger partial charge is 0.394 e. The molecule has 17 atom stereocenters. The lowest BCUT2D eigenvalue weighted by Crippen LogP contribution is -2.84. The van der Waals surface area contributed by atoms with E-state index in [4.69, 9.17) is 18.9 Å². The van der Waals surface area contributed by atoms with E-state index in [1.54, 1.807) is 0 Å². The summed E-state index contributed by atoms with van der Waals surface area (Å²) in [5, 5.41) is 55.8. The van der Waals surface area contributed by atoms with Gasteiger partial charge in [0.05, 0.1) is 25.4 Å². The van der Waals surface area contributed by atoms with Crippen LogP contribution in [0.3, 0.4) is 0 Å². The summed E-state index contributed by atoms with van der Waals surface area (Å²) in [6.45, 7) is 19.1.